The van der Waals surface area contributed by atoms with Gasteiger partial charge in [-0.1, -0.05) is 30.3 Å². The van der Waals surface area contributed by atoms with Crippen molar-refractivity contribution in [2.75, 3.05) is 0 Å². The van der Waals surface area contributed by atoms with E-state index in [1.54, 1.807) is 6.07 Å². The number of aromatic nitrogens is 3. The molecule has 4 heteroatoms. The van der Waals surface area contributed by atoms with Gasteiger partial charge >= 0.3 is 0 Å². The fraction of sp³-hybridized carbons (Fsp3) is 0.188. The molecule has 1 aliphatic rings. The smallest absolute Gasteiger partial charge is 0.160 e. The molecule has 1 aromatic carbocycles. The van der Waals surface area contributed by atoms with Crippen LogP contribution in [0.1, 0.15) is 29.8 Å². The van der Waals surface area contributed by atoms with Gasteiger partial charge in [-0.15, -0.1) is 10.2 Å². The summed E-state index contributed by atoms with van der Waals surface area (Å²) in [6.45, 7) is 0. The van der Waals surface area contributed by atoms with E-state index in [1.807, 2.05) is 22.7 Å². The normalized spacial score (nSPS) is 15.9. The second-order valence-electron chi connectivity index (χ2n) is 5.23. The standard InChI is InChI=1S/C16H12N4/c17-10-12-6-7-14-18-19-15(20(14)11-12)16(8-9-16)13-4-2-1-3-5-13/h1-7,11H,8-9H2. The molecule has 0 bridgehead atoms. The molecule has 0 aliphatic heterocycles. The molecule has 0 amide bonds. The van der Waals surface area contributed by atoms with Crippen LogP contribution in [0.4, 0.5) is 0 Å². The van der Waals surface area contributed by atoms with Gasteiger partial charge in [0.25, 0.3) is 0 Å². The third kappa shape index (κ3) is 1.47. The first-order valence-corrected chi connectivity index (χ1v) is 6.64. The highest BCUT2D eigenvalue weighted by molar-refractivity contribution is 5.47. The Bertz CT molecular complexity index is 823. The Morgan fingerprint density at radius 2 is 1.85 bits per heavy atom. The third-order valence-corrected chi connectivity index (χ3v) is 4.04. The summed E-state index contributed by atoms with van der Waals surface area (Å²) in [4.78, 5) is 0. The van der Waals surface area contributed by atoms with Crippen molar-refractivity contribution in [2.24, 2.45) is 0 Å². The summed E-state index contributed by atoms with van der Waals surface area (Å²) in [6, 6.07) is 16.2. The first-order chi connectivity index (χ1) is 9.83. The van der Waals surface area contributed by atoms with E-state index in [-0.39, 0.29) is 5.41 Å². The molecule has 0 spiro atoms. The average molecular weight is 260 g/mol. The Morgan fingerprint density at radius 1 is 1.05 bits per heavy atom. The highest BCUT2D eigenvalue weighted by Crippen LogP contribution is 2.52. The number of hydrogen-bond acceptors (Lipinski definition) is 3. The molecule has 4 nitrogen and oxygen atoms in total. The number of pyridine rings is 1. The van der Waals surface area contributed by atoms with Gasteiger partial charge < -0.3 is 0 Å². The van der Waals surface area contributed by atoms with Gasteiger partial charge in [-0.2, -0.15) is 5.26 Å². The third-order valence-electron chi connectivity index (χ3n) is 4.04. The van der Waals surface area contributed by atoms with E-state index in [1.165, 1.54) is 5.56 Å². The lowest BCUT2D eigenvalue weighted by Crippen LogP contribution is -2.13. The van der Waals surface area contributed by atoms with Crippen molar-refractivity contribution in [2.45, 2.75) is 18.3 Å². The lowest BCUT2D eigenvalue weighted by atomic mass is 9.95. The maximum atomic E-state index is 9.06. The molecule has 1 saturated carbocycles. The van der Waals surface area contributed by atoms with E-state index in [0.717, 1.165) is 24.3 Å². The molecule has 3 aromatic rings. The van der Waals surface area contributed by atoms with Crippen LogP contribution in [0.2, 0.25) is 0 Å². The van der Waals surface area contributed by atoms with Crippen LogP contribution in [0.15, 0.2) is 48.7 Å². The molecule has 2 heterocycles. The largest absolute Gasteiger partial charge is 0.284 e. The molecule has 0 atom stereocenters. The van der Waals surface area contributed by atoms with Crippen molar-refractivity contribution in [3.8, 4) is 6.07 Å². The maximum Gasteiger partial charge on any atom is 0.160 e. The molecule has 0 radical (unpaired) electrons. The Balaban J connectivity index is 1.93. The number of nitriles is 1. The topological polar surface area (TPSA) is 54.0 Å². The average Bonchev–Trinajstić information content (AvgIpc) is 3.21. The van der Waals surface area contributed by atoms with Crippen molar-refractivity contribution in [3.05, 3.63) is 65.6 Å². The van der Waals surface area contributed by atoms with Gasteiger partial charge in [-0.25, -0.2) is 0 Å². The molecule has 0 N–H and O–H groups in total. The Kier molecular flexibility index (Phi) is 2.19. The van der Waals surface area contributed by atoms with Crippen molar-refractivity contribution in [1.29, 1.82) is 5.26 Å². The summed E-state index contributed by atoms with van der Waals surface area (Å²) in [7, 11) is 0. The van der Waals surface area contributed by atoms with E-state index in [0.29, 0.717) is 5.56 Å². The van der Waals surface area contributed by atoms with Crippen LogP contribution in [-0.4, -0.2) is 14.6 Å². The Labute approximate surface area is 116 Å². The second-order valence-corrected chi connectivity index (χ2v) is 5.23. The first kappa shape index (κ1) is 11.2. The van der Waals surface area contributed by atoms with Crippen molar-refractivity contribution in [3.63, 3.8) is 0 Å². The van der Waals surface area contributed by atoms with E-state index in [2.05, 4.69) is 40.5 Å². The molecular formula is C16H12N4. The number of rotatable bonds is 2. The Morgan fingerprint density at radius 3 is 2.55 bits per heavy atom. The van der Waals surface area contributed by atoms with Gasteiger partial charge in [0.1, 0.15) is 11.9 Å². The number of benzene rings is 1. The second kappa shape index (κ2) is 3.91. The van der Waals surface area contributed by atoms with Crippen molar-refractivity contribution < 1.29 is 0 Å². The van der Waals surface area contributed by atoms with E-state index < -0.39 is 0 Å². The van der Waals surface area contributed by atoms with Crippen LogP contribution in [-0.2, 0) is 5.41 Å². The van der Waals surface area contributed by atoms with Gasteiger partial charge in [0.05, 0.1) is 11.0 Å². The van der Waals surface area contributed by atoms with Crippen LogP contribution < -0.4 is 0 Å². The number of nitrogens with zero attached hydrogens (tertiary/aromatic N) is 4. The van der Waals surface area contributed by atoms with Crippen molar-refractivity contribution in [1.82, 2.24) is 14.6 Å². The molecule has 0 saturated heterocycles. The fourth-order valence-electron chi connectivity index (χ4n) is 2.81. The minimum Gasteiger partial charge on any atom is -0.284 e. The zero-order valence-electron chi connectivity index (χ0n) is 10.8. The first-order valence-electron chi connectivity index (χ1n) is 6.64. The minimum atomic E-state index is -0.0330. The van der Waals surface area contributed by atoms with E-state index in [4.69, 9.17) is 5.26 Å². The molecular weight excluding hydrogens is 248 g/mol. The van der Waals surface area contributed by atoms with Gasteiger partial charge in [0, 0.05) is 6.20 Å². The highest BCUT2D eigenvalue weighted by Gasteiger charge is 2.49. The highest BCUT2D eigenvalue weighted by atomic mass is 15.3. The zero-order chi connectivity index (χ0) is 13.6. The molecule has 4 rings (SSSR count). The van der Waals surface area contributed by atoms with Crippen LogP contribution in [0.5, 0.6) is 0 Å². The van der Waals surface area contributed by atoms with E-state index >= 15 is 0 Å². The predicted molar refractivity (Wildman–Crippen MR) is 74.2 cm³/mol. The summed E-state index contributed by atoms with van der Waals surface area (Å²) in [5.41, 5.74) is 2.66. The SMILES string of the molecule is N#Cc1ccc2nnc(C3(c4ccccc4)CC3)n2c1. The molecule has 20 heavy (non-hydrogen) atoms. The lowest BCUT2D eigenvalue weighted by Gasteiger charge is -2.13. The number of fused-ring (bicyclic) bond motifs is 1. The zero-order valence-corrected chi connectivity index (χ0v) is 10.8. The Hall–Kier alpha value is -2.67. The molecule has 2 aromatic heterocycles. The van der Waals surface area contributed by atoms with Crippen LogP contribution >= 0.6 is 0 Å². The van der Waals surface area contributed by atoms with Crippen LogP contribution in [0.25, 0.3) is 5.65 Å². The van der Waals surface area contributed by atoms with E-state index in [9.17, 15) is 0 Å². The van der Waals surface area contributed by atoms with Gasteiger partial charge in [-0.05, 0) is 30.5 Å². The van der Waals surface area contributed by atoms with Gasteiger partial charge in [-0.3, -0.25) is 4.40 Å². The molecule has 1 aliphatic carbocycles. The minimum absolute atomic E-state index is 0.0330. The number of hydrogen-bond donors (Lipinski definition) is 0. The molecule has 96 valence electrons. The van der Waals surface area contributed by atoms with Crippen LogP contribution in [0.3, 0.4) is 0 Å². The van der Waals surface area contributed by atoms with Crippen molar-refractivity contribution >= 4 is 5.65 Å². The monoisotopic (exact) mass is 260 g/mol. The van der Waals surface area contributed by atoms with Gasteiger partial charge in [0.2, 0.25) is 0 Å². The summed E-state index contributed by atoms with van der Waals surface area (Å²) in [6.07, 6.45) is 3.98. The lowest BCUT2D eigenvalue weighted by molar-refractivity contribution is 0.739. The quantitative estimate of drug-likeness (QED) is 0.711. The van der Waals surface area contributed by atoms with Gasteiger partial charge in [0.15, 0.2) is 5.65 Å². The maximum absolute atomic E-state index is 9.06. The summed E-state index contributed by atoms with van der Waals surface area (Å²) < 4.78 is 1.96. The summed E-state index contributed by atoms with van der Waals surface area (Å²) >= 11 is 0. The molecule has 1 fully saturated rings. The fourth-order valence-corrected chi connectivity index (χ4v) is 2.81. The van der Waals surface area contributed by atoms with Crippen LogP contribution in [0, 0.1) is 11.3 Å². The molecule has 0 unspecified atom stereocenters. The summed E-state index contributed by atoms with van der Waals surface area (Å²) in [5.74, 6) is 0.941. The summed E-state index contributed by atoms with van der Waals surface area (Å²) in [5, 5.41) is 17.7. The predicted octanol–water partition coefficient (Wildman–Crippen LogP) is 2.68.